The number of nitrogens with one attached hydrogen (secondary N) is 1. The van der Waals surface area contributed by atoms with Gasteiger partial charge in [-0.15, -0.1) is 0 Å². The number of hydrogen-bond acceptors (Lipinski definition) is 8. The van der Waals surface area contributed by atoms with Crippen molar-refractivity contribution in [3.63, 3.8) is 0 Å². The zero-order valence-corrected chi connectivity index (χ0v) is 21.8. The van der Waals surface area contributed by atoms with E-state index in [9.17, 15) is 14.9 Å². The maximum absolute atomic E-state index is 12.5. The van der Waals surface area contributed by atoms with Crippen LogP contribution in [0.2, 0.25) is 0 Å². The molecule has 0 radical (unpaired) electrons. The first-order chi connectivity index (χ1) is 18.9. The van der Waals surface area contributed by atoms with Crippen LogP contribution in [0.3, 0.4) is 0 Å². The van der Waals surface area contributed by atoms with E-state index in [-0.39, 0.29) is 31.6 Å². The zero-order valence-electron chi connectivity index (χ0n) is 21.8. The Morgan fingerprint density at radius 1 is 1.28 bits per heavy atom. The summed E-state index contributed by atoms with van der Waals surface area (Å²) < 4.78 is 12.1. The molecule has 0 unspecified atom stereocenters. The second kappa shape index (κ2) is 12.6. The Hall–Kier alpha value is -4.81. The minimum absolute atomic E-state index is 0. The van der Waals surface area contributed by atoms with Gasteiger partial charge in [-0.05, 0) is 48.4 Å². The highest BCUT2D eigenvalue weighted by Crippen LogP contribution is 2.18. The maximum Gasteiger partial charge on any atom is 0.323 e. The Balaban J connectivity index is 0.00000441. The summed E-state index contributed by atoms with van der Waals surface area (Å²) in [4.78, 5) is 28.8. The van der Waals surface area contributed by atoms with Crippen molar-refractivity contribution < 1.29 is 15.7 Å². The number of carbonyl (C=O) groups excluding carboxylic acids is 1. The summed E-state index contributed by atoms with van der Waals surface area (Å²) in [7, 11) is 1.36. The second-order valence-electron chi connectivity index (χ2n) is 9.02. The van der Waals surface area contributed by atoms with Crippen molar-refractivity contribution in [3.8, 4) is 17.3 Å². The van der Waals surface area contributed by atoms with Gasteiger partial charge in [0.25, 0.3) is 5.56 Å². The monoisotopic (exact) mass is 525 g/mol. The number of methoxy groups -OCH3 is 1. The smallest absolute Gasteiger partial charge is 0.323 e. The van der Waals surface area contributed by atoms with E-state index in [4.69, 9.17) is 9.47 Å². The fourth-order valence-corrected chi connectivity index (χ4v) is 4.21. The second-order valence-corrected chi connectivity index (χ2v) is 9.02. The van der Waals surface area contributed by atoms with Gasteiger partial charge in [0.1, 0.15) is 17.9 Å². The molecule has 0 bridgehead atoms. The average Bonchev–Trinajstić information content (AvgIpc) is 3.44. The molecule has 1 saturated heterocycles. The van der Waals surface area contributed by atoms with Crippen LogP contribution in [0.1, 0.15) is 31.5 Å². The van der Waals surface area contributed by atoms with E-state index in [2.05, 4.69) is 28.1 Å². The number of carbonyl (C=O) groups is 1. The van der Waals surface area contributed by atoms with Gasteiger partial charge in [0.15, 0.2) is 0 Å². The zero-order chi connectivity index (χ0) is 27.8. The highest BCUT2D eigenvalue weighted by atomic mass is 16.5. The van der Waals surface area contributed by atoms with Crippen LogP contribution >= 0.6 is 0 Å². The van der Waals surface area contributed by atoms with Gasteiger partial charge in [-0.3, -0.25) is 14.6 Å². The first-order valence-electron chi connectivity index (χ1n) is 12.4. The molecular formula is C30H31N5O4. The van der Waals surface area contributed by atoms with Crippen LogP contribution in [0.5, 0.6) is 0 Å². The number of ether oxygens (including phenoxy) is 2. The van der Waals surface area contributed by atoms with Crippen LogP contribution in [-0.2, 0) is 20.8 Å². The molecule has 0 amide bonds. The molecule has 3 aromatic rings. The van der Waals surface area contributed by atoms with Gasteiger partial charge in [-0.25, -0.2) is 4.68 Å². The molecule has 200 valence electrons. The number of rotatable bonds is 9. The molecule has 0 spiro atoms. The summed E-state index contributed by atoms with van der Waals surface area (Å²) in [5.41, 5.74) is 4.19. The van der Waals surface area contributed by atoms with Crippen LogP contribution in [0.25, 0.3) is 11.3 Å². The topological polar surface area (TPSA) is 119 Å². The predicted octanol–water partition coefficient (Wildman–Crippen LogP) is 3.83. The van der Waals surface area contributed by atoms with Crippen molar-refractivity contribution in [1.82, 2.24) is 15.1 Å². The van der Waals surface area contributed by atoms with Gasteiger partial charge in [0.2, 0.25) is 0 Å². The Labute approximate surface area is 228 Å². The summed E-state index contributed by atoms with van der Waals surface area (Å²) in [5, 5.41) is 16.8. The lowest BCUT2D eigenvalue weighted by Gasteiger charge is -2.13. The number of allylic oxidation sites excluding steroid dienone is 1. The number of esters is 1. The van der Waals surface area contributed by atoms with E-state index in [1.54, 1.807) is 36.5 Å². The van der Waals surface area contributed by atoms with Crippen molar-refractivity contribution in [2.24, 2.45) is 4.99 Å². The van der Waals surface area contributed by atoms with Crippen molar-refractivity contribution in [1.29, 1.82) is 5.26 Å². The predicted molar refractivity (Wildman–Crippen MR) is 150 cm³/mol. The summed E-state index contributed by atoms with van der Waals surface area (Å²) in [5.74, 6) is 0.187. The number of aromatic nitrogens is 2. The summed E-state index contributed by atoms with van der Waals surface area (Å²) in [6.45, 7) is 6.48. The Kier molecular flexibility index (Phi) is 8.82. The molecule has 4 rings (SSSR count). The molecule has 1 aliphatic rings. The minimum Gasteiger partial charge on any atom is -0.487 e. The van der Waals surface area contributed by atoms with Gasteiger partial charge in [-0.2, -0.15) is 10.4 Å². The lowest BCUT2D eigenvalue weighted by molar-refractivity contribution is -0.142. The number of nitrogens with zero attached hydrogens (tertiary/aromatic N) is 4. The molecule has 39 heavy (non-hydrogen) atoms. The summed E-state index contributed by atoms with van der Waals surface area (Å²) >= 11 is 0. The molecule has 1 N–H and O–H groups in total. The molecule has 9 nitrogen and oxygen atoms in total. The largest absolute Gasteiger partial charge is 0.487 e. The quantitative estimate of drug-likeness (QED) is 0.195. The third-order valence-electron chi connectivity index (χ3n) is 6.30. The number of aliphatic imine (C=N–C) groups is 1. The van der Waals surface area contributed by atoms with Gasteiger partial charge < -0.3 is 14.8 Å². The van der Waals surface area contributed by atoms with Crippen LogP contribution in [0, 0.1) is 11.3 Å². The Morgan fingerprint density at radius 3 is 2.87 bits per heavy atom. The summed E-state index contributed by atoms with van der Waals surface area (Å²) in [6.07, 6.45) is 3.49. The summed E-state index contributed by atoms with van der Waals surface area (Å²) in [6, 6.07) is 19.7. The molecule has 2 atom stereocenters. The standard InChI is InChI=1S/C30H29N5O4.H2/c1-4-25(39-26-15-28(33-18-26)30(37)38-3)17-32-20(2)23-9-6-8-22(14-23)19-35-29(36)12-11-27(34-35)24-10-5-7-21(13-24)16-31;/h4-14,17,26,28,33H,1,15,18-19H2,2-3H3;1H/b25-17+,32-20?;/t26-,28-;/m0./s1. The third kappa shape index (κ3) is 6.94. The molecule has 2 aromatic carbocycles. The first-order valence-corrected chi connectivity index (χ1v) is 12.4. The van der Waals surface area contributed by atoms with Crippen molar-refractivity contribution in [3.05, 3.63) is 112 Å². The lowest BCUT2D eigenvalue weighted by atomic mass is 10.1. The first kappa shape index (κ1) is 27.2. The molecular weight excluding hydrogens is 494 g/mol. The van der Waals surface area contributed by atoms with E-state index in [0.29, 0.717) is 30.0 Å². The minimum atomic E-state index is -0.385. The van der Waals surface area contributed by atoms with Gasteiger partial charge in [0.05, 0.1) is 37.2 Å². The Morgan fingerprint density at radius 2 is 2.10 bits per heavy atom. The molecule has 9 heteroatoms. The van der Waals surface area contributed by atoms with Crippen molar-refractivity contribution in [2.45, 2.75) is 32.0 Å². The van der Waals surface area contributed by atoms with Crippen molar-refractivity contribution in [2.75, 3.05) is 13.7 Å². The van der Waals surface area contributed by atoms with Gasteiger partial charge in [0, 0.05) is 31.7 Å². The van der Waals surface area contributed by atoms with E-state index in [1.165, 1.54) is 17.9 Å². The molecule has 0 saturated carbocycles. The van der Waals surface area contributed by atoms with E-state index in [1.807, 2.05) is 37.3 Å². The molecule has 1 aromatic heterocycles. The number of nitriles is 1. The van der Waals surface area contributed by atoms with Gasteiger partial charge in [-0.1, -0.05) is 36.9 Å². The van der Waals surface area contributed by atoms with Crippen LogP contribution in [-0.4, -0.2) is 47.3 Å². The van der Waals surface area contributed by atoms with E-state index >= 15 is 0 Å². The van der Waals surface area contributed by atoms with E-state index < -0.39 is 0 Å². The lowest BCUT2D eigenvalue weighted by Crippen LogP contribution is -2.31. The fourth-order valence-electron chi connectivity index (χ4n) is 4.21. The SMILES string of the molecule is C=C/C(=C\N=C(C)c1cccc(Cn2nc(-c3cccc(C#N)c3)ccc2=O)c1)O[C@@H]1CN[C@H](C(=O)OC)C1.[HH]. The molecule has 2 heterocycles. The highest BCUT2D eigenvalue weighted by Gasteiger charge is 2.31. The molecule has 0 aliphatic carbocycles. The van der Waals surface area contributed by atoms with Crippen LogP contribution in [0.4, 0.5) is 0 Å². The maximum atomic E-state index is 12.5. The number of hydrogen-bond donors (Lipinski definition) is 1. The third-order valence-corrected chi connectivity index (χ3v) is 6.30. The highest BCUT2D eigenvalue weighted by molar-refractivity contribution is 5.99. The average molecular weight is 526 g/mol. The van der Waals surface area contributed by atoms with Crippen LogP contribution < -0.4 is 10.9 Å². The molecule has 1 fully saturated rings. The van der Waals surface area contributed by atoms with Crippen LogP contribution in [0.15, 0.2) is 95.1 Å². The fraction of sp³-hybridized carbons (Fsp3) is 0.233. The normalized spacial score (nSPS) is 17.4. The number of benzene rings is 2. The van der Waals surface area contributed by atoms with Crippen molar-refractivity contribution >= 4 is 11.7 Å². The molecule has 1 aliphatic heterocycles. The van der Waals surface area contributed by atoms with Gasteiger partial charge >= 0.3 is 5.97 Å². The van der Waals surface area contributed by atoms with E-state index in [0.717, 1.165) is 22.4 Å². The Bertz CT molecular complexity index is 1540.